The van der Waals surface area contributed by atoms with E-state index in [2.05, 4.69) is 4.98 Å². The molecule has 82 valence electrons. The van der Waals surface area contributed by atoms with Crippen molar-refractivity contribution < 1.29 is 4.74 Å². The van der Waals surface area contributed by atoms with Gasteiger partial charge in [-0.25, -0.2) is 4.98 Å². The predicted molar refractivity (Wildman–Crippen MR) is 63.7 cm³/mol. The van der Waals surface area contributed by atoms with Crippen molar-refractivity contribution in [2.24, 2.45) is 5.73 Å². The number of benzene rings is 1. The zero-order valence-electron chi connectivity index (χ0n) is 8.56. The van der Waals surface area contributed by atoms with E-state index < -0.39 is 0 Å². The summed E-state index contributed by atoms with van der Waals surface area (Å²) < 4.78 is 5.55. The second kappa shape index (κ2) is 4.96. The van der Waals surface area contributed by atoms with Gasteiger partial charge in [-0.3, -0.25) is 0 Å². The minimum Gasteiger partial charge on any atom is -0.438 e. The Bertz CT molecular complexity index is 474. The summed E-state index contributed by atoms with van der Waals surface area (Å²) in [5.74, 6) is 1.09. The standard InChI is InChI=1S/C12H11ClN2O/c13-11-9(8-14)6-7-15-12(11)16-10-4-2-1-3-5-10/h1-7H,8,14H2. The highest BCUT2D eigenvalue weighted by Crippen LogP contribution is 2.29. The van der Waals surface area contributed by atoms with Gasteiger partial charge in [0.2, 0.25) is 5.88 Å². The molecule has 0 atom stereocenters. The average molecular weight is 235 g/mol. The van der Waals surface area contributed by atoms with Crippen LogP contribution >= 0.6 is 11.6 Å². The summed E-state index contributed by atoms with van der Waals surface area (Å²) >= 11 is 6.09. The Balaban J connectivity index is 2.28. The van der Waals surface area contributed by atoms with Crippen LogP contribution in [0.2, 0.25) is 5.02 Å². The number of pyridine rings is 1. The molecule has 2 rings (SSSR count). The number of nitrogens with two attached hydrogens (primary N) is 1. The molecule has 16 heavy (non-hydrogen) atoms. The summed E-state index contributed by atoms with van der Waals surface area (Å²) in [7, 11) is 0. The lowest BCUT2D eigenvalue weighted by Gasteiger charge is -2.08. The van der Waals surface area contributed by atoms with Crippen LogP contribution in [0.15, 0.2) is 42.6 Å². The largest absolute Gasteiger partial charge is 0.438 e. The van der Waals surface area contributed by atoms with Crippen molar-refractivity contribution in [3.8, 4) is 11.6 Å². The number of nitrogens with zero attached hydrogens (tertiary/aromatic N) is 1. The Kier molecular flexibility index (Phi) is 3.39. The number of rotatable bonds is 3. The topological polar surface area (TPSA) is 48.1 Å². The maximum absolute atomic E-state index is 6.09. The van der Waals surface area contributed by atoms with Crippen LogP contribution in [-0.2, 0) is 6.54 Å². The number of hydrogen-bond donors (Lipinski definition) is 1. The molecule has 3 nitrogen and oxygen atoms in total. The van der Waals surface area contributed by atoms with Crippen molar-refractivity contribution in [3.63, 3.8) is 0 Å². The molecule has 0 spiro atoms. The molecule has 0 unspecified atom stereocenters. The molecule has 2 aromatic rings. The van der Waals surface area contributed by atoms with Gasteiger partial charge in [0.15, 0.2) is 0 Å². The Labute approximate surface area is 98.8 Å². The number of hydrogen-bond acceptors (Lipinski definition) is 3. The molecule has 0 radical (unpaired) electrons. The van der Waals surface area contributed by atoms with E-state index in [-0.39, 0.29) is 0 Å². The number of halogens is 1. The van der Waals surface area contributed by atoms with Gasteiger partial charge < -0.3 is 10.5 Å². The fourth-order valence-electron chi connectivity index (χ4n) is 1.29. The van der Waals surface area contributed by atoms with E-state index in [0.29, 0.717) is 23.2 Å². The highest BCUT2D eigenvalue weighted by Gasteiger charge is 2.08. The molecule has 1 aromatic carbocycles. The molecule has 0 fully saturated rings. The quantitative estimate of drug-likeness (QED) is 0.888. The van der Waals surface area contributed by atoms with Crippen LogP contribution in [0, 0.1) is 0 Å². The molecule has 1 aromatic heterocycles. The first-order chi connectivity index (χ1) is 7.81. The maximum Gasteiger partial charge on any atom is 0.238 e. The van der Waals surface area contributed by atoms with Gasteiger partial charge in [-0.1, -0.05) is 29.8 Å². The molecular weight excluding hydrogens is 224 g/mol. The van der Waals surface area contributed by atoms with Gasteiger partial charge >= 0.3 is 0 Å². The zero-order valence-corrected chi connectivity index (χ0v) is 9.32. The molecule has 0 aliphatic carbocycles. The van der Waals surface area contributed by atoms with E-state index in [4.69, 9.17) is 22.1 Å². The molecule has 0 saturated carbocycles. The van der Waals surface area contributed by atoms with Gasteiger partial charge in [0.25, 0.3) is 0 Å². The molecular formula is C12H11ClN2O. The van der Waals surface area contributed by atoms with Crippen molar-refractivity contribution in [2.45, 2.75) is 6.54 Å². The second-order valence-electron chi connectivity index (χ2n) is 3.21. The first-order valence-electron chi connectivity index (χ1n) is 4.87. The Hall–Kier alpha value is -1.58. The Morgan fingerprint density at radius 3 is 2.62 bits per heavy atom. The lowest BCUT2D eigenvalue weighted by molar-refractivity contribution is 0.462. The van der Waals surface area contributed by atoms with E-state index in [1.54, 1.807) is 12.3 Å². The summed E-state index contributed by atoms with van der Waals surface area (Å²) in [6.45, 7) is 0.368. The third-order valence-electron chi connectivity index (χ3n) is 2.11. The fraction of sp³-hybridized carbons (Fsp3) is 0.0833. The first kappa shape index (κ1) is 10.9. The summed E-state index contributed by atoms with van der Waals surface area (Å²) in [4.78, 5) is 4.07. The van der Waals surface area contributed by atoms with Crippen LogP contribution in [0.25, 0.3) is 0 Å². The molecule has 1 heterocycles. The number of aromatic nitrogens is 1. The SMILES string of the molecule is NCc1ccnc(Oc2ccccc2)c1Cl. The summed E-state index contributed by atoms with van der Waals surface area (Å²) in [5.41, 5.74) is 6.37. The Morgan fingerprint density at radius 2 is 1.94 bits per heavy atom. The van der Waals surface area contributed by atoms with Gasteiger partial charge in [-0.15, -0.1) is 0 Å². The van der Waals surface area contributed by atoms with Gasteiger partial charge in [-0.2, -0.15) is 0 Å². The van der Waals surface area contributed by atoms with Gasteiger partial charge in [0, 0.05) is 12.7 Å². The van der Waals surface area contributed by atoms with Crippen LogP contribution in [0.4, 0.5) is 0 Å². The lowest BCUT2D eigenvalue weighted by Crippen LogP contribution is -1.99. The molecule has 4 heteroatoms. The van der Waals surface area contributed by atoms with Crippen molar-refractivity contribution in [2.75, 3.05) is 0 Å². The van der Waals surface area contributed by atoms with E-state index in [1.807, 2.05) is 30.3 Å². The van der Waals surface area contributed by atoms with E-state index in [0.717, 1.165) is 5.56 Å². The smallest absolute Gasteiger partial charge is 0.238 e. The number of ether oxygens (including phenoxy) is 1. The van der Waals surface area contributed by atoms with Crippen LogP contribution in [0.1, 0.15) is 5.56 Å². The zero-order chi connectivity index (χ0) is 11.4. The van der Waals surface area contributed by atoms with Crippen LogP contribution in [0.3, 0.4) is 0 Å². The fourth-order valence-corrected chi connectivity index (χ4v) is 1.52. The minimum absolute atomic E-state index is 0.368. The van der Waals surface area contributed by atoms with Gasteiger partial charge in [0.05, 0.1) is 0 Å². The van der Waals surface area contributed by atoms with Crippen molar-refractivity contribution >= 4 is 11.6 Å². The van der Waals surface area contributed by atoms with Crippen molar-refractivity contribution in [1.29, 1.82) is 0 Å². The van der Waals surface area contributed by atoms with Crippen molar-refractivity contribution in [3.05, 3.63) is 53.2 Å². The molecule has 2 N–H and O–H groups in total. The van der Waals surface area contributed by atoms with E-state index in [1.165, 1.54) is 0 Å². The minimum atomic E-state index is 0.368. The molecule has 0 amide bonds. The van der Waals surface area contributed by atoms with Gasteiger partial charge in [0.1, 0.15) is 10.8 Å². The van der Waals surface area contributed by atoms with Crippen molar-refractivity contribution in [1.82, 2.24) is 4.98 Å². The molecule has 0 aliphatic heterocycles. The normalized spacial score (nSPS) is 10.1. The highest BCUT2D eigenvalue weighted by molar-refractivity contribution is 6.32. The second-order valence-corrected chi connectivity index (χ2v) is 3.59. The molecule has 0 bridgehead atoms. The molecule has 0 saturated heterocycles. The summed E-state index contributed by atoms with van der Waals surface area (Å²) in [6, 6.07) is 11.1. The number of para-hydroxylation sites is 1. The Morgan fingerprint density at radius 1 is 1.19 bits per heavy atom. The van der Waals surface area contributed by atoms with Crippen LogP contribution in [0.5, 0.6) is 11.6 Å². The summed E-state index contributed by atoms with van der Waals surface area (Å²) in [6.07, 6.45) is 1.63. The average Bonchev–Trinajstić information content (AvgIpc) is 2.33. The third-order valence-corrected chi connectivity index (χ3v) is 2.52. The van der Waals surface area contributed by atoms with E-state index >= 15 is 0 Å². The monoisotopic (exact) mass is 234 g/mol. The summed E-state index contributed by atoms with van der Waals surface area (Å²) in [5, 5.41) is 0.467. The lowest BCUT2D eigenvalue weighted by atomic mass is 10.2. The van der Waals surface area contributed by atoms with E-state index in [9.17, 15) is 0 Å². The highest BCUT2D eigenvalue weighted by atomic mass is 35.5. The third kappa shape index (κ3) is 2.32. The maximum atomic E-state index is 6.09. The van der Waals surface area contributed by atoms with Crippen LogP contribution in [-0.4, -0.2) is 4.98 Å². The molecule has 0 aliphatic rings. The first-order valence-corrected chi connectivity index (χ1v) is 5.25. The predicted octanol–water partition coefficient (Wildman–Crippen LogP) is 2.99. The van der Waals surface area contributed by atoms with Gasteiger partial charge in [-0.05, 0) is 23.8 Å². The van der Waals surface area contributed by atoms with Crippen LogP contribution < -0.4 is 10.5 Å².